The summed E-state index contributed by atoms with van der Waals surface area (Å²) in [5.74, 6) is -0.334. The second-order valence-electron chi connectivity index (χ2n) is 4.96. The third kappa shape index (κ3) is 2.52. The first-order valence-electron chi connectivity index (χ1n) is 6.82. The number of ether oxygens (including phenoxy) is 1. The number of carbonyl (C=O) groups is 1. The van der Waals surface area contributed by atoms with Gasteiger partial charge in [0.2, 0.25) is 0 Å². The molecule has 0 spiro atoms. The summed E-state index contributed by atoms with van der Waals surface area (Å²) in [6.07, 6.45) is 1.53. The fourth-order valence-electron chi connectivity index (χ4n) is 2.30. The van der Waals surface area contributed by atoms with E-state index in [0.717, 1.165) is 5.69 Å². The molecule has 1 N–H and O–H groups in total. The second-order valence-corrected chi connectivity index (χ2v) is 4.96. The van der Waals surface area contributed by atoms with Crippen LogP contribution in [-0.4, -0.2) is 27.6 Å². The second kappa shape index (κ2) is 5.53. The van der Waals surface area contributed by atoms with Crippen LogP contribution in [0.2, 0.25) is 0 Å². The predicted molar refractivity (Wildman–Crippen MR) is 84.0 cm³/mol. The van der Waals surface area contributed by atoms with Crippen LogP contribution in [0.1, 0.15) is 16.1 Å². The van der Waals surface area contributed by atoms with Crippen LogP contribution in [0.25, 0.3) is 16.7 Å². The number of fused-ring (bicyclic) bond motifs is 1. The Kier molecular flexibility index (Phi) is 3.53. The van der Waals surface area contributed by atoms with E-state index in [4.69, 9.17) is 0 Å². The SMILES string of the molecule is COC(=O)c1cc2c(=O)n(-c3cccc(C)n3)ccc2[nH]c1=O. The Morgan fingerprint density at radius 2 is 2.04 bits per heavy atom. The van der Waals surface area contributed by atoms with E-state index in [1.165, 1.54) is 23.9 Å². The first kappa shape index (κ1) is 14.7. The van der Waals surface area contributed by atoms with Gasteiger partial charge in [0.05, 0.1) is 18.0 Å². The van der Waals surface area contributed by atoms with Gasteiger partial charge in [-0.25, -0.2) is 9.78 Å². The Bertz CT molecular complexity index is 1030. The number of aromatic amines is 1. The molecule has 3 aromatic heterocycles. The lowest BCUT2D eigenvalue weighted by atomic mass is 10.2. The number of carbonyl (C=O) groups excluding carboxylic acids is 1. The minimum atomic E-state index is -0.795. The van der Waals surface area contributed by atoms with Gasteiger partial charge in [-0.3, -0.25) is 14.2 Å². The molecule has 3 aromatic rings. The van der Waals surface area contributed by atoms with Gasteiger partial charge < -0.3 is 9.72 Å². The molecule has 0 aliphatic heterocycles. The van der Waals surface area contributed by atoms with Gasteiger partial charge in [-0.15, -0.1) is 0 Å². The molecule has 0 aliphatic carbocycles. The van der Waals surface area contributed by atoms with Crippen LogP contribution in [0.3, 0.4) is 0 Å². The zero-order valence-corrected chi connectivity index (χ0v) is 12.5. The number of H-pyrrole nitrogens is 1. The number of hydrogen-bond donors (Lipinski definition) is 1. The Balaban J connectivity index is 2.30. The molecule has 0 amide bonds. The number of nitrogens with one attached hydrogen (secondary N) is 1. The molecule has 0 fully saturated rings. The Hall–Kier alpha value is -3.22. The van der Waals surface area contributed by atoms with Crippen molar-refractivity contribution in [3.05, 3.63) is 68.5 Å². The number of hydrogen-bond acceptors (Lipinski definition) is 5. The molecular formula is C16H13N3O4. The van der Waals surface area contributed by atoms with Crippen LogP contribution >= 0.6 is 0 Å². The van der Waals surface area contributed by atoms with Crippen molar-refractivity contribution in [3.63, 3.8) is 0 Å². The average Bonchev–Trinajstić information content (AvgIpc) is 2.54. The maximum absolute atomic E-state index is 12.7. The number of rotatable bonds is 2. The van der Waals surface area contributed by atoms with Crippen molar-refractivity contribution in [1.82, 2.24) is 14.5 Å². The largest absolute Gasteiger partial charge is 0.465 e. The Labute approximate surface area is 130 Å². The number of aryl methyl sites for hydroxylation is 1. The van der Waals surface area contributed by atoms with Crippen LogP contribution in [0.4, 0.5) is 0 Å². The molecule has 0 saturated carbocycles. The number of aromatic nitrogens is 3. The molecule has 7 heteroatoms. The van der Waals surface area contributed by atoms with Crippen molar-refractivity contribution in [2.24, 2.45) is 0 Å². The van der Waals surface area contributed by atoms with Crippen molar-refractivity contribution in [3.8, 4) is 5.82 Å². The van der Waals surface area contributed by atoms with E-state index in [1.54, 1.807) is 18.2 Å². The monoisotopic (exact) mass is 311 g/mol. The van der Waals surface area contributed by atoms with Gasteiger partial charge >= 0.3 is 5.97 Å². The highest BCUT2D eigenvalue weighted by atomic mass is 16.5. The molecule has 116 valence electrons. The van der Waals surface area contributed by atoms with Gasteiger partial charge in [0.1, 0.15) is 11.4 Å². The van der Waals surface area contributed by atoms with Crippen LogP contribution in [0, 0.1) is 6.92 Å². The van der Waals surface area contributed by atoms with E-state index in [1.807, 2.05) is 13.0 Å². The van der Waals surface area contributed by atoms with Gasteiger partial charge in [0.25, 0.3) is 11.1 Å². The zero-order valence-electron chi connectivity index (χ0n) is 12.5. The fraction of sp³-hybridized carbons (Fsp3) is 0.125. The van der Waals surface area contributed by atoms with Crippen molar-refractivity contribution in [2.45, 2.75) is 6.92 Å². The van der Waals surface area contributed by atoms with Crippen molar-refractivity contribution >= 4 is 16.9 Å². The van der Waals surface area contributed by atoms with E-state index >= 15 is 0 Å². The van der Waals surface area contributed by atoms with Gasteiger partial charge in [-0.05, 0) is 31.2 Å². The van der Waals surface area contributed by atoms with E-state index in [0.29, 0.717) is 11.3 Å². The number of methoxy groups -OCH3 is 1. The third-order valence-electron chi connectivity index (χ3n) is 3.44. The maximum Gasteiger partial charge on any atom is 0.343 e. The van der Waals surface area contributed by atoms with Gasteiger partial charge in [-0.2, -0.15) is 0 Å². The summed E-state index contributed by atoms with van der Waals surface area (Å²) < 4.78 is 5.91. The minimum absolute atomic E-state index is 0.204. The fourth-order valence-corrected chi connectivity index (χ4v) is 2.30. The number of nitrogens with zero attached hydrogens (tertiary/aromatic N) is 2. The lowest BCUT2D eigenvalue weighted by Crippen LogP contribution is -2.24. The predicted octanol–water partition coefficient (Wildman–Crippen LogP) is 1.17. The highest BCUT2D eigenvalue weighted by Gasteiger charge is 2.14. The minimum Gasteiger partial charge on any atom is -0.465 e. The van der Waals surface area contributed by atoms with E-state index in [-0.39, 0.29) is 16.5 Å². The van der Waals surface area contributed by atoms with Crippen molar-refractivity contribution in [1.29, 1.82) is 0 Å². The summed E-state index contributed by atoms with van der Waals surface area (Å²) in [4.78, 5) is 43.0. The van der Waals surface area contributed by atoms with Crippen LogP contribution < -0.4 is 11.1 Å². The van der Waals surface area contributed by atoms with Gasteiger partial charge in [-0.1, -0.05) is 6.07 Å². The topological polar surface area (TPSA) is 94.1 Å². The smallest absolute Gasteiger partial charge is 0.343 e. The summed E-state index contributed by atoms with van der Waals surface area (Å²) in [5, 5.41) is 0.204. The summed E-state index contributed by atoms with van der Waals surface area (Å²) in [6.45, 7) is 1.82. The Morgan fingerprint density at radius 1 is 1.26 bits per heavy atom. The molecular weight excluding hydrogens is 298 g/mol. The number of esters is 1. The first-order chi connectivity index (χ1) is 11.0. The van der Waals surface area contributed by atoms with Crippen LogP contribution in [0.15, 0.2) is 46.1 Å². The summed E-state index contributed by atoms with van der Waals surface area (Å²) >= 11 is 0. The van der Waals surface area contributed by atoms with Crippen molar-refractivity contribution < 1.29 is 9.53 Å². The summed E-state index contributed by atoms with van der Waals surface area (Å²) in [6, 6.07) is 8.15. The molecule has 3 heterocycles. The van der Waals surface area contributed by atoms with E-state index in [9.17, 15) is 14.4 Å². The quantitative estimate of drug-likeness (QED) is 0.717. The number of pyridine rings is 3. The first-order valence-corrected chi connectivity index (χ1v) is 6.82. The molecule has 0 saturated heterocycles. The summed E-state index contributed by atoms with van der Waals surface area (Å²) in [7, 11) is 1.17. The molecule has 0 bridgehead atoms. The normalized spacial score (nSPS) is 10.7. The molecule has 0 aromatic carbocycles. The molecule has 0 aliphatic rings. The summed E-state index contributed by atoms with van der Waals surface area (Å²) in [5.41, 5.74) is -0.0907. The van der Waals surface area contributed by atoms with Gasteiger partial charge in [0.15, 0.2) is 0 Å². The molecule has 0 atom stereocenters. The van der Waals surface area contributed by atoms with Crippen molar-refractivity contribution in [2.75, 3.05) is 7.11 Å². The highest BCUT2D eigenvalue weighted by molar-refractivity contribution is 5.93. The molecule has 0 radical (unpaired) electrons. The van der Waals surface area contributed by atoms with E-state index < -0.39 is 11.5 Å². The van der Waals surface area contributed by atoms with Crippen LogP contribution in [0.5, 0.6) is 0 Å². The lowest BCUT2D eigenvalue weighted by Gasteiger charge is -2.07. The molecule has 7 nitrogen and oxygen atoms in total. The van der Waals surface area contributed by atoms with Gasteiger partial charge in [0, 0.05) is 11.9 Å². The Morgan fingerprint density at radius 3 is 2.74 bits per heavy atom. The highest BCUT2D eigenvalue weighted by Crippen LogP contribution is 2.10. The lowest BCUT2D eigenvalue weighted by molar-refractivity contribution is 0.0599. The zero-order chi connectivity index (χ0) is 16.6. The molecule has 23 heavy (non-hydrogen) atoms. The standard InChI is InChI=1S/C16H13N3O4/c1-9-4-3-5-13(17-9)19-7-6-12-10(15(19)21)8-11(14(20)18-12)16(22)23-2/h3-8H,1-2H3,(H,18,20). The van der Waals surface area contributed by atoms with Crippen LogP contribution in [-0.2, 0) is 4.74 Å². The average molecular weight is 311 g/mol. The maximum atomic E-state index is 12.7. The third-order valence-corrected chi connectivity index (χ3v) is 3.44. The van der Waals surface area contributed by atoms with E-state index in [2.05, 4.69) is 14.7 Å². The molecule has 0 unspecified atom stereocenters. The molecule has 3 rings (SSSR count).